The molecule has 0 radical (unpaired) electrons. The van der Waals surface area contributed by atoms with Gasteiger partial charge < -0.3 is 10.1 Å². The van der Waals surface area contributed by atoms with E-state index in [1.54, 1.807) is 24.3 Å². The summed E-state index contributed by atoms with van der Waals surface area (Å²) >= 11 is 4.85. The van der Waals surface area contributed by atoms with Gasteiger partial charge in [-0.1, -0.05) is 17.7 Å². The highest BCUT2D eigenvalue weighted by Crippen LogP contribution is 2.29. The summed E-state index contributed by atoms with van der Waals surface area (Å²) in [6, 6.07) is 6.84. The minimum atomic E-state index is -1.88. The number of benzene rings is 2. The Hall–Kier alpha value is -2.68. The summed E-state index contributed by atoms with van der Waals surface area (Å²) in [5, 5.41) is 4.26. The van der Waals surface area contributed by atoms with Gasteiger partial charge in [0.1, 0.15) is 5.56 Å². The van der Waals surface area contributed by atoms with Crippen LogP contribution >= 0.6 is 12.2 Å². The third kappa shape index (κ3) is 3.87. The molecule has 9 heteroatoms. The van der Waals surface area contributed by atoms with Gasteiger partial charge in [-0.2, -0.15) is 8.78 Å². The number of hydrogen-bond donors (Lipinski definition) is 2. The highest BCUT2D eigenvalue weighted by Gasteiger charge is 2.30. The number of aryl methyl sites for hydroxylation is 1. The molecular formula is C16H12F4N2O2S. The first-order valence-corrected chi connectivity index (χ1v) is 7.26. The maximum Gasteiger partial charge on any atom is 0.263 e. The first kappa shape index (κ1) is 18.7. The van der Waals surface area contributed by atoms with Crippen LogP contribution in [0.5, 0.6) is 5.75 Å². The number of rotatable bonds is 3. The molecule has 2 aromatic rings. The van der Waals surface area contributed by atoms with Gasteiger partial charge >= 0.3 is 0 Å². The molecule has 0 heterocycles. The Bertz CT molecular complexity index is 812. The molecular weight excluding hydrogens is 360 g/mol. The number of carbonyl (C=O) groups excluding carboxylic acids is 1. The van der Waals surface area contributed by atoms with E-state index in [9.17, 15) is 22.4 Å². The normalized spacial score (nSPS) is 10.3. The van der Waals surface area contributed by atoms with E-state index < -0.39 is 40.5 Å². The molecule has 0 bridgehead atoms. The van der Waals surface area contributed by atoms with Gasteiger partial charge in [-0.3, -0.25) is 10.1 Å². The second-order valence-corrected chi connectivity index (χ2v) is 5.35. The molecule has 0 aliphatic heterocycles. The zero-order valence-corrected chi connectivity index (χ0v) is 13.9. The molecule has 25 heavy (non-hydrogen) atoms. The molecule has 1 amide bonds. The summed E-state index contributed by atoms with van der Waals surface area (Å²) < 4.78 is 59.3. The topological polar surface area (TPSA) is 50.4 Å². The Morgan fingerprint density at radius 1 is 1.00 bits per heavy atom. The SMILES string of the molecule is COc1c(F)c(F)c(C(=O)NC(=S)Nc2ccc(C)cc2)c(F)c1F. The Morgan fingerprint density at radius 2 is 1.52 bits per heavy atom. The predicted octanol–water partition coefficient (Wildman–Crippen LogP) is 3.69. The molecule has 2 N–H and O–H groups in total. The molecule has 0 aromatic heterocycles. The summed E-state index contributed by atoms with van der Waals surface area (Å²) in [6.45, 7) is 1.86. The number of ether oxygens (including phenoxy) is 1. The summed E-state index contributed by atoms with van der Waals surface area (Å²) in [6.07, 6.45) is 0. The first-order valence-electron chi connectivity index (χ1n) is 6.85. The zero-order valence-electron chi connectivity index (χ0n) is 13.0. The molecule has 0 aliphatic carbocycles. The predicted molar refractivity (Wildman–Crippen MR) is 87.7 cm³/mol. The fourth-order valence-electron chi connectivity index (χ4n) is 1.95. The van der Waals surface area contributed by atoms with Gasteiger partial charge in [-0.15, -0.1) is 0 Å². The second-order valence-electron chi connectivity index (χ2n) is 4.94. The zero-order chi connectivity index (χ0) is 18.7. The molecule has 0 saturated carbocycles. The first-order chi connectivity index (χ1) is 11.8. The molecule has 0 atom stereocenters. The molecule has 0 aliphatic rings. The van der Waals surface area contributed by atoms with E-state index in [0.29, 0.717) is 5.69 Å². The van der Waals surface area contributed by atoms with Gasteiger partial charge in [0.15, 0.2) is 22.5 Å². The number of anilines is 1. The lowest BCUT2D eigenvalue weighted by Gasteiger charge is -2.13. The van der Waals surface area contributed by atoms with Crippen LogP contribution in [0.3, 0.4) is 0 Å². The molecule has 4 nitrogen and oxygen atoms in total. The van der Waals surface area contributed by atoms with Crippen LogP contribution in [0.1, 0.15) is 15.9 Å². The fourth-order valence-corrected chi connectivity index (χ4v) is 2.17. The summed E-state index contributed by atoms with van der Waals surface area (Å²) in [7, 11) is 0.834. The molecule has 0 fully saturated rings. The van der Waals surface area contributed by atoms with E-state index in [1.165, 1.54) is 0 Å². The fraction of sp³-hybridized carbons (Fsp3) is 0.125. The lowest BCUT2D eigenvalue weighted by molar-refractivity contribution is 0.0966. The standard InChI is InChI=1S/C16H12F4N2O2S/c1-7-3-5-8(6-4-7)21-16(25)22-15(23)9-10(17)12(19)14(24-2)13(20)11(9)18/h3-6H,1-2H3,(H2,21,22,23,25). The van der Waals surface area contributed by atoms with Crippen molar-refractivity contribution in [2.45, 2.75) is 6.92 Å². The van der Waals surface area contributed by atoms with E-state index in [2.05, 4.69) is 10.1 Å². The lowest BCUT2D eigenvalue weighted by atomic mass is 10.1. The maximum absolute atomic E-state index is 13.9. The van der Waals surface area contributed by atoms with Crippen LogP contribution in [0.4, 0.5) is 23.2 Å². The average Bonchev–Trinajstić information content (AvgIpc) is 2.56. The van der Waals surface area contributed by atoms with E-state index in [1.807, 2.05) is 12.2 Å². The number of nitrogens with one attached hydrogen (secondary N) is 2. The van der Waals surface area contributed by atoms with Crippen LogP contribution in [0.25, 0.3) is 0 Å². The van der Waals surface area contributed by atoms with E-state index in [4.69, 9.17) is 12.2 Å². The van der Waals surface area contributed by atoms with Crippen LogP contribution in [-0.4, -0.2) is 18.1 Å². The minimum absolute atomic E-state index is 0.302. The Kier molecular flexibility index (Phi) is 5.58. The van der Waals surface area contributed by atoms with Crippen LogP contribution in [0.15, 0.2) is 24.3 Å². The minimum Gasteiger partial charge on any atom is -0.491 e. The largest absolute Gasteiger partial charge is 0.491 e. The summed E-state index contributed by atoms with van der Waals surface area (Å²) in [4.78, 5) is 12.0. The number of amides is 1. The highest BCUT2D eigenvalue weighted by atomic mass is 32.1. The Balaban J connectivity index is 2.23. The van der Waals surface area contributed by atoms with E-state index in [-0.39, 0.29) is 5.11 Å². The molecule has 132 valence electrons. The quantitative estimate of drug-likeness (QED) is 0.490. The van der Waals surface area contributed by atoms with Crippen molar-refractivity contribution in [1.29, 1.82) is 0 Å². The van der Waals surface area contributed by atoms with Crippen molar-refractivity contribution >= 4 is 28.9 Å². The van der Waals surface area contributed by atoms with Crippen LogP contribution < -0.4 is 15.4 Å². The molecule has 0 spiro atoms. The van der Waals surface area contributed by atoms with Gasteiger partial charge in [0.25, 0.3) is 5.91 Å². The molecule has 2 aromatic carbocycles. The van der Waals surface area contributed by atoms with Crippen molar-refractivity contribution in [2.75, 3.05) is 12.4 Å². The van der Waals surface area contributed by atoms with E-state index in [0.717, 1.165) is 12.7 Å². The number of carbonyl (C=O) groups is 1. The second kappa shape index (κ2) is 7.47. The Morgan fingerprint density at radius 3 is 2.00 bits per heavy atom. The highest BCUT2D eigenvalue weighted by molar-refractivity contribution is 7.80. The average molecular weight is 372 g/mol. The number of hydrogen-bond acceptors (Lipinski definition) is 3. The van der Waals surface area contributed by atoms with Gasteiger partial charge in [-0.25, -0.2) is 8.78 Å². The van der Waals surface area contributed by atoms with Crippen LogP contribution in [0.2, 0.25) is 0 Å². The van der Waals surface area contributed by atoms with Gasteiger partial charge in [0, 0.05) is 5.69 Å². The lowest BCUT2D eigenvalue weighted by Crippen LogP contribution is -2.35. The van der Waals surface area contributed by atoms with Crippen LogP contribution in [-0.2, 0) is 0 Å². The monoisotopic (exact) mass is 372 g/mol. The maximum atomic E-state index is 13.9. The van der Waals surface area contributed by atoms with E-state index >= 15 is 0 Å². The van der Waals surface area contributed by atoms with Crippen molar-refractivity contribution in [3.05, 3.63) is 58.7 Å². The molecule has 0 saturated heterocycles. The molecule has 2 rings (SSSR count). The van der Waals surface area contributed by atoms with Crippen molar-refractivity contribution in [3.63, 3.8) is 0 Å². The third-order valence-electron chi connectivity index (χ3n) is 3.19. The van der Waals surface area contributed by atoms with Crippen molar-refractivity contribution in [2.24, 2.45) is 0 Å². The van der Waals surface area contributed by atoms with Crippen molar-refractivity contribution in [1.82, 2.24) is 5.32 Å². The smallest absolute Gasteiger partial charge is 0.263 e. The van der Waals surface area contributed by atoms with Crippen LogP contribution in [0, 0.1) is 30.2 Å². The Labute approximate surface area is 145 Å². The molecule has 0 unspecified atom stereocenters. The van der Waals surface area contributed by atoms with Crippen molar-refractivity contribution in [3.8, 4) is 5.75 Å². The third-order valence-corrected chi connectivity index (χ3v) is 3.39. The number of halogens is 4. The number of methoxy groups -OCH3 is 1. The van der Waals surface area contributed by atoms with Gasteiger partial charge in [-0.05, 0) is 31.3 Å². The van der Waals surface area contributed by atoms with Crippen molar-refractivity contribution < 1.29 is 27.1 Å². The van der Waals surface area contributed by atoms with Gasteiger partial charge in [0.05, 0.1) is 7.11 Å². The summed E-state index contributed by atoms with van der Waals surface area (Å²) in [5.41, 5.74) is 0.0432. The number of thiocarbonyl (C=S) groups is 1. The summed E-state index contributed by atoms with van der Waals surface area (Å²) in [5.74, 6) is -10.1. The van der Waals surface area contributed by atoms with Gasteiger partial charge in [0.2, 0.25) is 11.6 Å².